The van der Waals surface area contributed by atoms with E-state index in [-0.39, 0.29) is 5.97 Å². The minimum atomic E-state index is -0.592. The summed E-state index contributed by atoms with van der Waals surface area (Å²) < 4.78 is 10.1. The van der Waals surface area contributed by atoms with E-state index >= 15 is 0 Å². The summed E-state index contributed by atoms with van der Waals surface area (Å²) in [6.45, 7) is 5.85. The fraction of sp³-hybridized carbons (Fsp3) is 0.933. The van der Waals surface area contributed by atoms with Crippen LogP contribution in [-0.4, -0.2) is 62.9 Å². The second-order valence-electron chi connectivity index (χ2n) is 6.12. The maximum absolute atomic E-state index is 12.1. The number of methoxy groups -OCH3 is 2. The fourth-order valence-electron chi connectivity index (χ4n) is 2.53. The average Bonchev–Trinajstić information content (AvgIpc) is 3.21. The predicted molar refractivity (Wildman–Crippen MR) is 79.8 cm³/mol. The molecule has 2 unspecified atom stereocenters. The zero-order chi connectivity index (χ0) is 15.2. The molecule has 1 aliphatic carbocycles. The Morgan fingerprint density at radius 3 is 2.60 bits per heavy atom. The van der Waals surface area contributed by atoms with Gasteiger partial charge in [-0.1, -0.05) is 0 Å². The first kappa shape index (κ1) is 17.4. The fourth-order valence-corrected chi connectivity index (χ4v) is 2.53. The van der Waals surface area contributed by atoms with Crippen LogP contribution in [0.2, 0.25) is 0 Å². The molecular formula is C15H30N2O3. The molecule has 0 aromatic heterocycles. The third-order valence-electron chi connectivity index (χ3n) is 4.05. The maximum Gasteiger partial charge on any atom is 0.325 e. The molecule has 0 aliphatic heterocycles. The maximum atomic E-state index is 12.1. The molecule has 1 fully saturated rings. The van der Waals surface area contributed by atoms with Crippen LogP contribution in [0.3, 0.4) is 0 Å². The molecule has 5 nitrogen and oxygen atoms in total. The van der Waals surface area contributed by atoms with Crippen LogP contribution in [0.4, 0.5) is 0 Å². The van der Waals surface area contributed by atoms with Crippen molar-refractivity contribution in [1.82, 2.24) is 10.2 Å². The van der Waals surface area contributed by atoms with Crippen molar-refractivity contribution in [1.29, 1.82) is 0 Å². The summed E-state index contributed by atoms with van der Waals surface area (Å²) in [4.78, 5) is 14.4. The number of nitrogens with zero attached hydrogens (tertiary/aromatic N) is 1. The van der Waals surface area contributed by atoms with E-state index in [0.29, 0.717) is 12.1 Å². The van der Waals surface area contributed by atoms with Crippen LogP contribution >= 0.6 is 0 Å². The lowest BCUT2D eigenvalue weighted by Gasteiger charge is -2.34. The van der Waals surface area contributed by atoms with Crippen molar-refractivity contribution in [2.75, 3.05) is 34.4 Å². The molecule has 1 saturated carbocycles. The summed E-state index contributed by atoms with van der Waals surface area (Å²) in [5.74, 6) is -0.165. The van der Waals surface area contributed by atoms with Crippen LogP contribution in [0.5, 0.6) is 0 Å². The summed E-state index contributed by atoms with van der Waals surface area (Å²) in [6, 6.07) is 0.785. The Balaban J connectivity index is 2.52. The van der Waals surface area contributed by atoms with Crippen molar-refractivity contribution < 1.29 is 14.3 Å². The molecule has 2 atom stereocenters. The molecule has 0 heterocycles. The van der Waals surface area contributed by atoms with E-state index in [9.17, 15) is 4.79 Å². The second-order valence-corrected chi connectivity index (χ2v) is 6.12. The predicted octanol–water partition coefficient (Wildman–Crippen LogP) is 1.42. The first-order chi connectivity index (χ1) is 9.42. The summed E-state index contributed by atoms with van der Waals surface area (Å²) in [5.41, 5.74) is -0.592. The van der Waals surface area contributed by atoms with Crippen LogP contribution in [-0.2, 0) is 14.3 Å². The van der Waals surface area contributed by atoms with Gasteiger partial charge in [0.1, 0.15) is 5.54 Å². The highest BCUT2D eigenvalue weighted by atomic mass is 16.5. The van der Waals surface area contributed by atoms with Crippen molar-refractivity contribution in [3.05, 3.63) is 0 Å². The van der Waals surface area contributed by atoms with Crippen molar-refractivity contribution in [3.63, 3.8) is 0 Å². The molecule has 0 radical (unpaired) electrons. The van der Waals surface area contributed by atoms with E-state index in [1.54, 1.807) is 7.11 Å². The topological polar surface area (TPSA) is 50.8 Å². The number of rotatable bonds is 10. The minimum absolute atomic E-state index is 0.165. The van der Waals surface area contributed by atoms with E-state index in [0.717, 1.165) is 38.8 Å². The molecule has 1 aliphatic rings. The Kier molecular flexibility index (Phi) is 6.92. The molecule has 0 spiro atoms. The lowest BCUT2D eigenvalue weighted by atomic mass is 9.92. The quantitative estimate of drug-likeness (QED) is 0.486. The molecule has 1 N–H and O–H groups in total. The number of carbonyl (C=O) groups excluding carboxylic acids is 1. The number of hydrogen-bond acceptors (Lipinski definition) is 5. The van der Waals surface area contributed by atoms with E-state index in [4.69, 9.17) is 9.47 Å². The number of nitrogens with one attached hydrogen (secondary N) is 1. The van der Waals surface area contributed by atoms with Gasteiger partial charge in [0.15, 0.2) is 0 Å². The highest BCUT2D eigenvalue weighted by Gasteiger charge is 2.40. The van der Waals surface area contributed by atoms with Crippen LogP contribution in [0.15, 0.2) is 0 Å². The molecule has 20 heavy (non-hydrogen) atoms. The normalized spacial score (nSPS) is 19.7. The minimum Gasteiger partial charge on any atom is -0.468 e. The number of ether oxygens (including phenoxy) is 2. The Morgan fingerprint density at radius 1 is 1.45 bits per heavy atom. The largest absolute Gasteiger partial charge is 0.468 e. The Morgan fingerprint density at radius 2 is 2.10 bits per heavy atom. The smallest absolute Gasteiger partial charge is 0.325 e. The van der Waals surface area contributed by atoms with Crippen LogP contribution in [0.1, 0.15) is 39.5 Å². The lowest BCUT2D eigenvalue weighted by molar-refractivity contribution is -0.148. The summed E-state index contributed by atoms with van der Waals surface area (Å²) in [7, 11) is 5.27. The molecule has 0 bridgehead atoms. The molecule has 0 aromatic rings. The first-order valence-corrected chi connectivity index (χ1v) is 7.48. The van der Waals surface area contributed by atoms with Gasteiger partial charge in [0.2, 0.25) is 0 Å². The van der Waals surface area contributed by atoms with Gasteiger partial charge in [-0.05, 0) is 46.6 Å². The Bertz CT molecular complexity index is 307. The number of carbonyl (C=O) groups is 1. The van der Waals surface area contributed by atoms with E-state index < -0.39 is 5.54 Å². The first-order valence-electron chi connectivity index (χ1n) is 7.48. The van der Waals surface area contributed by atoms with Gasteiger partial charge in [0.05, 0.1) is 7.11 Å². The van der Waals surface area contributed by atoms with Gasteiger partial charge in [0, 0.05) is 32.3 Å². The van der Waals surface area contributed by atoms with Gasteiger partial charge < -0.3 is 14.4 Å². The molecular weight excluding hydrogens is 256 g/mol. The van der Waals surface area contributed by atoms with Crippen molar-refractivity contribution in [2.24, 2.45) is 0 Å². The van der Waals surface area contributed by atoms with Gasteiger partial charge in [-0.25, -0.2) is 0 Å². The standard InChI is InChI=1S/C15H30N2O3/c1-12(17(3)9-6-10-19-4)11-15(2,14(18)20-5)16-13-7-8-13/h12-13,16H,6-11H2,1-5H3. The molecule has 0 amide bonds. The molecule has 0 aromatic carbocycles. The van der Waals surface area contributed by atoms with Gasteiger partial charge >= 0.3 is 5.97 Å². The van der Waals surface area contributed by atoms with Gasteiger partial charge in [0.25, 0.3) is 0 Å². The average molecular weight is 286 g/mol. The van der Waals surface area contributed by atoms with E-state index in [2.05, 4.69) is 24.2 Å². The molecule has 1 rings (SSSR count). The molecule has 5 heteroatoms. The third kappa shape index (κ3) is 5.38. The lowest BCUT2D eigenvalue weighted by Crippen LogP contribution is -2.54. The zero-order valence-electron chi connectivity index (χ0n) is 13.6. The summed E-state index contributed by atoms with van der Waals surface area (Å²) in [6.07, 6.45) is 4.07. The van der Waals surface area contributed by atoms with Crippen molar-refractivity contribution in [2.45, 2.75) is 57.2 Å². The van der Waals surface area contributed by atoms with E-state index in [1.165, 1.54) is 7.11 Å². The van der Waals surface area contributed by atoms with Crippen molar-refractivity contribution >= 4 is 5.97 Å². The van der Waals surface area contributed by atoms with Gasteiger partial charge in [-0.15, -0.1) is 0 Å². The summed E-state index contributed by atoms with van der Waals surface area (Å²) in [5, 5.41) is 3.45. The Hall–Kier alpha value is -0.650. The monoisotopic (exact) mass is 286 g/mol. The highest BCUT2D eigenvalue weighted by Crippen LogP contribution is 2.26. The third-order valence-corrected chi connectivity index (χ3v) is 4.05. The summed E-state index contributed by atoms with van der Waals surface area (Å²) >= 11 is 0. The van der Waals surface area contributed by atoms with E-state index in [1.807, 2.05) is 6.92 Å². The molecule has 0 saturated heterocycles. The van der Waals surface area contributed by atoms with Crippen LogP contribution in [0.25, 0.3) is 0 Å². The van der Waals surface area contributed by atoms with Crippen LogP contribution in [0, 0.1) is 0 Å². The zero-order valence-corrected chi connectivity index (χ0v) is 13.6. The molecule has 118 valence electrons. The SMILES string of the molecule is COCCCN(C)C(C)CC(C)(NC1CC1)C(=O)OC. The van der Waals surface area contributed by atoms with Gasteiger partial charge in [-0.3, -0.25) is 10.1 Å². The second kappa shape index (κ2) is 7.96. The van der Waals surface area contributed by atoms with Crippen molar-refractivity contribution in [3.8, 4) is 0 Å². The number of hydrogen-bond donors (Lipinski definition) is 1. The van der Waals surface area contributed by atoms with Crippen LogP contribution < -0.4 is 5.32 Å². The highest BCUT2D eigenvalue weighted by molar-refractivity contribution is 5.80. The number of esters is 1. The Labute approximate surface area is 123 Å². The van der Waals surface area contributed by atoms with Gasteiger partial charge in [-0.2, -0.15) is 0 Å².